The summed E-state index contributed by atoms with van der Waals surface area (Å²) in [4.78, 5) is 58.0. The number of fused-ring (bicyclic) bond motifs is 1. The molecule has 2 aliphatic heterocycles. The van der Waals surface area contributed by atoms with Gasteiger partial charge in [-0.05, 0) is 44.2 Å². The summed E-state index contributed by atoms with van der Waals surface area (Å²) in [5.74, 6) is -0.619. The van der Waals surface area contributed by atoms with Gasteiger partial charge in [0.2, 0.25) is 11.8 Å². The molecule has 0 aromatic heterocycles. The quantitative estimate of drug-likeness (QED) is 0.546. The minimum Gasteiger partial charge on any atom is -0.442 e. The predicted octanol–water partition coefficient (Wildman–Crippen LogP) is 3.61. The van der Waals surface area contributed by atoms with Gasteiger partial charge in [-0.2, -0.15) is 0 Å². The highest BCUT2D eigenvalue weighted by molar-refractivity contribution is 5.90. The molecule has 2 aliphatic rings. The summed E-state index contributed by atoms with van der Waals surface area (Å²) < 4.78 is 5.99. The fourth-order valence-corrected chi connectivity index (χ4v) is 5.20. The number of benzene rings is 1. The molecule has 10 heteroatoms. The van der Waals surface area contributed by atoms with E-state index in [0.29, 0.717) is 25.1 Å². The lowest BCUT2D eigenvalue weighted by molar-refractivity contribution is -0.142. The number of anilines is 1. The van der Waals surface area contributed by atoms with E-state index >= 15 is 0 Å². The van der Waals surface area contributed by atoms with Crippen molar-refractivity contribution in [2.45, 2.75) is 91.6 Å². The number of ether oxygens (including phenoxy) is 1. The fraction of sp³-hybridized carbons (Fsp3) is 0.655. The van der Waals surface area contributed by atoms with Crippen LogP contribution >= 0.6 is 0 Å². The van der Waals surface area contributed by atoms with Crippen LogP contribution in [0.5, 0.6) is 0 Å². The molecule has 2 fully saturated rings. The minimum atomic E-state index is -0.764. The molecule has 1 aromatic rings. The molecule has 0 aliphatic carbocycles. The lowest BCUT2D eigenvalue weighted by Gasteiger charge is -2.37. The first-order chi connectivity index (χ1) is 18.3. The molecule has 0 saturated carbocycles. The molecule has 0 bridgehead atoms. The number of carbonyl (C=O) groups is 4. The Morgan fingerprint density at radius 2 is 1.69 bits per heavy atom. The SMILES string of the molecule is CC[C@@H](C)C(=O)N[C@H](C(=O)N1CC[C@@H]2[C@H]1[C@@H](OC(=O)N(C)c1ccccc1)CN2C(=O)NC(C)C)C(C)(C)C. The van der Waals surface area contributed by atoms with Crippen LogP contribution in [0.1, 0.15) is 61.3 Å². The molecule has 5 amide bonds. The van der Waals surface area contributed by atoms with Gasteiger partial charge in [0.25, 0.3) is 0 Å². The van der Waals surface area contributed by atoms with Gasteiger partial charge in [0.15, 0.2) is 0 Å². The molecule has 39 heavy (non-hydrogen) atoms. The highest BCUT2D eigenvalue weighted by Gasteiger charge is 2.55. The van der Waals surface area contributed by atoms with Crippen LogP contribution in [-0.2, 0) is 14.3 Å². The summed E-state index contributed by atoms with van der Waals surface area (Å²) >= 11 is 0. The first-order valence-corrected chi connectivity index (χ1v) is 13.9. The van der Waals surface area contributed by atoms with Crippen molar-refractivity contribution < 1.29 is 23.9 Å². The van der Waals surface area contributed by atoms with Gasteiger partial charge in [-0.1, -0.05) is 52.8 Å². The number of amides is 5. The largest absolute Gasteiger partial charge is 0.442 e. The van der Waals surface area contributed by atoms with Crippen molar-refractivity contribution in [2.75, 3.05) is 25.0 Å². The molecule has 0 spiro atoms. The number of carbonyl (C=O) groups excluding carboxylic acids is 4. The lowest BCUT2D eigenvalue weighted by atomic mass is 9.85. The molecular weight excluding hydrogens is 498 g/mol. The zero-order valence-corrected chi connectivity index (χ0v) is 24.6. The standard InChI is InChI=1S/C29H45N5O5/c1-9-19(4)25(35)31-24(29(5,6)7)26(36)33-16-15-21-23(33)22(17-34(21)27(37)30-18(2)3)39-28(38)32(8)20-13-11-10-12-14-20/h10-14,18-19,21-24H,9,15-17H2,1-8H3,(H,30,37)(H,31,35)/t19-,21-,22+,23+,24-/m1/s1. The molecule has 1 aromatic carbocycles. The molecule has 10 nitrogen and oxygen atoms in total. The Kier molecular flexibility index (Phi) is 9.51. The first-order valence-electron chi connectivity index (χ1n) is 13.9. The maximum Gasteiger partial charge on any atom is 0.414 e. The molecule has 2 saturated heterocycles. The maximum atomic E-state index is 14.1. The van der Waals surface area contributed by atoms with E-state index in [2.05, 4.69) is 10.6 Å². The third-order valence-electron chi connectivity index (χ3n) is 7.66. The maximum absolute atomic E-state index is 14.1. The smallest absolute Gasteiger partial charge is 0.414 e. The van der Waals surface area contributed by atoms with Crippen LogP contribution in [0.25, 0.3) is 0 Å². The van der Waals surface area contributed by atoms with Crippen LogP contribution in [0.15, 0.2) is 30.3 Å². The number of nitrogens with zero attached hydrogens (tertiary/aromatic N) is 3. The van der Waals surface area contributed by atoms with E-state index in [4.69, 9.17) is 4.74 Å². The number of nitrogens with one attached hydrogen (secondary N) is 2. The van der Waals surface area contributed by atoms with Crippen molar-refractivity contribution >= 4 is 29.6 Å². The van der Waals surface area contributed by atoms with E-state index in [1.54, 1.807) is 29.0 Å². The number of hydrogen-bond acceptors (Lipinski definition) is 5. The molecule has 2 heterocycles. The van der Waals surface area contributed by atoms with Gasteiger partial charge in [-0.3, -0.25) is 14.5 Å². The van der Waals surface area contributed by atoms with Gasteiger partial charge >= 0.3 is 12.1 Å². The summed E-state index contributed by atoms with van der Waals surface area (Å²) in [7, 11) is 1.63. The minimum absolute atomic E-state index is 0.0676. The molecule has 2 N–H and O–H groups in total. The highest BCUT2D eigenvalue weighted by Crippen LogP contribution is 2.36. The van der Waals surface area contributed by atoms with Crippen molar-refractivity contribution in [2.24, 2.45) is 11.3 Å². The van der Waals surface area contributed by atoms with E-state index in [1.807, 2.05) is 66.7 Å². The van der Waals surface area contributed by atoms with Crippen molar-refractivity contribution in [3.05, 3.63) is 30.3 Å². The predicted molar refractivity (Wildman–Crippen MR) is 150 cm³/mol. The second-order valence-corrected chi connectivity index (χ2v) is 12.1. The average Bonchev–Trinajstić information content (AvgIpc) is 3.46. The number of para-hydroxylation sites is 1. The van der Waals surface area contributed by atoms with Crippen molar-refractivity contribution in [1.82, 2.24) is 20.4 Å². The Bertz CT molecular complexity index is 1040. The Balaban J connectivity index is 1.89. The van der Waals surface area contributed by atoms with E-state index in [-0.39, 0.29) is 42.4 Å². The molecular formula is C29H45N5O5. The second-order valence-electron chi connectivity index (χ2n) is 12.1. The van der Waals surface area contributed by atoms with E-state index < -0.39 is 29.7 Å². The monoisotopic (exact) mass is 543 g/mol. The molecule has 0 radical (unpaired) electrons. The highest BCUT2D eigenvalue weighted by atomic mass is 16.6. The van der Waals surface area contributed by atoms with Gasteiger partial charge in [0.05, 0.1) is 18.6 Å². The van der Waals surface area contributed by atoms with Crippen molar-refractivity contribution in [3.8, 4) is 0 Å². The summed E-state index contributed by atoms with van der Waals surface area (Å²) in [5, 5.41) is 5.91. The molecule has 0 unspecified atom stereocenters. The van der Waals surface area contributed by atoms with Crippen LogP contribution in [0, 0.1) is 11.3 Å². The summed E-state index contributed by atoms with van der Waals surface area (Å²) in [5.41, 5.74) is 0.122. The number of rotatable bonds is 7. The van der Waals surface area contributed by atoms with E-state index in [9.17, 15) is 19.2 Å². The molecule has 5 atom stereocenters. The Labute approximate surface area is 232 Å². The van der Waals surface area contributed by atoms with Gasteiger partial charge in [0.1, 0.15) is 12.1 Å². The fourth-order valence-electron chi connectivity index (χ4n) is 5.20. The third kappa shape index (κ3) is 6.83. The first kappa shape index (κ1) is 30.2. The van der Waals surface area contributed by atoms with Gasteiger partial charge < -0.3 is 25.2 Å². The van der Waals surface area contributed by atoms with Crippen molar-refractivity contribution in [1.29, 1.82) is 0 Å². The van der Waals surface area contributed by atoms with Crippen LogP contribution in [-0.4, -0.2) is 84.1 Å². The van der Waals surface area contributed by atoms with E-state index in [0.717, 1.165) is 0 Å². The molecule has 216 valence electrons. The normalized spacial score (nSPS) is 22.2. The van der Waals surface area contributed by atoms with E-state index in [1.165, 1.54) is 4.90 Å². The van der Waals surface area contributed by atoms with Crippen molar-refractivity contribution in [3.63, 3.8) is 0 Å². The number of likely N-dealkylation sites (tertiary alicyclic amines) is 2. The summed E-state index contributed by atoms with van der Waals surface area (Å²) in [6.45, 7) is 13.9. The lowest BCUT2D eigenvalue weighted by Crippen LogP contribution is -2.58. The Morgan fingerprint density at radius 3 is 2.26 bits per heavy atom. The van der Waals surface area contributed by atoms with Gasteiger partial charge in [-0.15, -0.1) is 0 Å². The zero-order valence-electron chi connectivity index (χ0n) is 24.6. The molecule has 3 rings (SSSR count). The number of hydrogen-bond donors (Lipinski definition) is 2. The van der Waals surface area contributed by atoms with Crippen LogP contribution in [0.2, 0.25) is 0 Å². The Hall–Kier alpha value is -3.30. The summed E-state index contributed by atoms with van der Waals surface area (Å²) in [6.07, 6.45) is -0.0597. The topological polar surface area (TPSA) is 111 Å². The Morgan fingerprint density at radius 1 is 1.05 bits per heavy atom. The summed E-state index contributed by atoms with van der Waals surface area (Å²) in [6, 6.07) is 7.24. The number of urea groups is 1. The third-order valence-corrected chi connectivity index (χ3v) is 7.66. The van der Waals surface area contributed by atoms with Gasteiger partial charge in [-0.25, -0.2) is 9.59 Å². The average molecular weight is 544 g/mol. The van der Waals surface area contributed by atoms with Crippen LogP contribution in [0.3, 0.4) is 0 Å². The second kappa shape index (κ2) is 12.3. The van der Waals surface area contributed by atoms with Gasteiger partial charge in [0, 0.05) is 31.2 Å². The van der Waals surface area contributed by atoms with Crippen LogP contribution < -0.4 is 15.5 Å². The zero-order chi connectivity index (χ0) is 29.1. The van der Waals surface area contributed by atoms with Crippen LogP contribution in [0.4, 0.5) is 15.3 Å².